The Hall–Kier alpha value is -3.32. The molecule has 0 radical (unpaired) electrons. The van der Waals surface area contributed by atoms with Crippen LogP contribution in [-0.4, -0.2) is 40.8 Å². The van der Waals surface area contributed by atoms with E-state index in [0.717, 1.165) is 11.1 Å². The molecule has 2 aromatic carbocycles. The van der Waals surface area contributed by atoms with Crippen molar-refractivity contribution in [1.82, 2.24) is 4.90 Å². The van der Waals surface area contributed by atoms with Crippen LogP contribution in [0.5, 0.6) is 5.75 Å². The third kappa shape index (κ3) is 4.62. The zero-order chi connectivity index (χ0) is 22.5. The van der Waals surface area contributed by atoms with Crippen LogP contribution in [0.2, 0.25) is 0 Å². The molecule has 2 heterocycles. The molecule has 1 saturated heterocycles. The predicted octanol–water partition coefficient (Wildman–Crippen LogP) is 4.43. The van der Waals surface area contributed by atoms with Gasteiger partial charge in [0.25, 0.3) is 0 Å². The molecule has 0 N–H and O–H groups in total. The number of hydrogen-bond donors (Lipinski definition) is 0. The highest BCUT2D eigenvalue weighted by molar-refractivity contribution is 8.14. The van der Waals surface area contributed by atoms with Crippen molar-refractivity contribution in [3.63, 3.8) is 0 Å². The summed E-state index contributed by atoms with van der Waals surface area (Å²) in [5.74, 6) is 0.852. The summed E-state index contributed by atoms with van der Waals surface area (Å²) in [6.45, 7) is 1.94. The molecule has 2 aliphatic rings. The van der Waals surface area contributed by atoms with Gasteiger partial charge in [-0.1, -0.05) is 72.4 Å². The summed E-state index contributed by atoms with van der Waals surface area (Å²) in [7, 11) is 1.61. The van der Waals surface area contributed by atoms with Crippen LogP contribution in [0, 0.1) is 0 Å². The molecule has 4 rings (SSSR count). The molecule has 0 spiro atoms. The standard InChI is InChI=1S/C25H24N2O4S/c1-17-23(24(29)31-16-18-8-4-3-5-9-18)20(27-22(28)14-15-32-25(27)26-17)13-12-19-10-6-7-11-21(19)30-2/h3-13,20H,14-16H2,1-2H3/b13-12+/t20-/m0/s1. The number of rotatable bonds is 6. The minimum Gasteiger partial charge on any atom is -0.496 e. The number of carbonyl (C=O) groups is 2. The van der Waals surface area contributed by atoms with Gasteiger partial charge < -0.3 is 9.47 Å². The fourth-order valence-corrected chi connectivity index (χ4v) is 4.70. The van der Waals surface area contributed by atoms with Crippen LogP contribution in [0.15, 0.2) is 76.9 Å². The van der Waals surface area contributed by atoms with E-state index in [9.17, 15) is 9.59 Å². The topological polar surface area (TPSA) is 68.2 Å². The Morgan fingerprint density at radius 2 is 1.94 bits per heavy atom. The lowest BCUT2D eigenvalue weighted by Gasteiger charge is -2.37. The molecule has 6 nitrogen and oxygen atoms in total. The van der Waals surface area contributed by atoms with Crippen molar-refractivity contribution >= 4 is 34.9 Å². The largest absolute Gasteiger partial charge is 0.496 e. The van der Waals surface area contributed by atoms with Crippen molar-refractivity contribution in [2.45, 2.75) is 26.0 Å². The second-order valence-electron chi connectivity index (χ2n) is 7.36. The summed E-state index contributed by atoms with van der Waals surface area (Å²) >= 11 is 1.52. The van der Waals surface area contributed by atoms with E-state index in [1.165, 1.54) is 11.8 Å². The number of nitrogens with zero attached hydrogens (tertiary/aromatic N) is 2. The van der Waals surface area contributed by atoms with E-state index in [0.29, 0.717) is 34.4 Å². The van der Waals surface area contributed by atoms with Gasteiger partial charge in [-0.15, -0.1) is 0 Å². The van der Waals surface area contributed by atoms with E-state index in [4.69, 9.17) is 9.47 Å². The average molecular weight is 449 g/mol. The smallest absolute Gasteiger partial charge is 0.338 e. The third-order valence-electron chi connectivity index (χ3n) is 5.28. The number of amides is 1. The third-order valence-corrected chi connectivity index (χ3v) is 6.23. The van der Waals surface area contributed by atoms with E-state index in [1.807, 2.05) is 66.7 Å². The highest BCUT2D eigenvalue weighted by Gasteiger charge is 2.39. The van der Waals surface area contributed by atoms with Gasteiger partial charge in [-0.25, -0.2) is 9.79 Å². The van der Waals surface area contributed by atoms with Crippen LogP contribution >= 0.6 is 11.8 Å². The highest BCUT2D eigenvalue weighted by Crippen LogP contribution is 2.33. The number of methoxy groups -OCH3 is 1. The number of ether oxygens (including phenoxy) is 2. The van der Waals surface area contributed by atoms with Gasteiger partial charge in [0.15, 0.2) is 5.17 Å². The van der Waals surface area contributed by atoms with E-state index >= 15 is 0 Å². The maximum atomic E-state index is 13.2. The number of esters is 1. The molecule has 0 saturated carbocycles. The van der Waals surface area contributed by atoms with Crippen LogP contribution < -0.4 is 4.74 Å². The fourth-order valence-electron chi connectivity index (χ4n) is 3.68. The molecule has 7 heteroatoms. The second kappa shape index (κ2) is 9.87. The summed E-state index contributed by atoms with van der Waals surface area (Å²) < 4.78 is 11.0. The van der Waals surface area contributed by atoms with Gasteiger partial charge in [0.2, 0.25) is 5.91 Å². The Morgan fingerprint density at radius 1 is 1.19 bits per heavy atom. The maximum absolute atomic E-state index is 13.2. The first kappa shape index (κ1) is 21.9. The molecule has 0 aromatic heterocycles. The number of allylic oxidation sites excluding steroid dienone is 1. The Morgan fingerprint density at radius 3 is 2.72 bits per heavy atom. The van der Waals surface area contributed by atoms with E-state index < -0.39 is 12.0 Å². The summed E-state index contributed by atoms with van der Waals surface area (Å²) in [6.07, 6.45) is 4.11. The average Bonchev–Trinajstić information content (AvgIpc) is 2.81. The zero-order valence-corrected chi connectivity index (χ0v) is 18.8. The Bertz CT molecular complexity index is 1110. The van der Waals surface area contributed by atoms with Crippen molar-refractivity contribution in [2.75, 3.05) is 12.9 Å². The molecule has 2 aliphatic heterocycles. The number of amidine groups is 1. The summed E-state index contributed by atoms with van der Waals surface area (Å²) in [5, 5.41) is 0.619. The lowest BCUT2D eigenvalue weighted by atomic mass is 10.00. The number of carbonyl (C=O) groups excluding carboxylic acids is 2. The second-order valence-corrected chi connectivity index (χ2v) is 8.43. The van der Waals surface area contributed by atoms with Gasteiger partial charge in [0.05, 0.1) is 24.4 Å². The number of para-hydroxylation sites is 1. The molecule has 2 aromatic rings. The maximum Gasteiger partial charge on any atom is 0.338 e. The Kier molecular flexibility index (Phi) is 6.75. The van der Waals surface area contributed by atoms with Gasteiger partial charge in [-0.3, -0.25) is 9.69 Å². The molecule has 0 bridgehead atoms. The number of thioether (sulfide) groups is 1. The van der Waals surface area contributed by atoms with Crippen LogP contribution in [0.4, 0.5) is 0 Å². The summed E-state index contributed by atoms with van der Waals surface area (Å²) in [5.41, 5.74) is 2.67. The van der Waals surface area contributed by atoms with Crippen molar-refractivity contribution in [3.8, 4) is 5.75 Å². The van der Waals surface area contributed by atoms with Crippen molar-refractivity contribution in [3.05, 3.63) is 83.1 Å². The minimum absolute atomic E-state index is 0.0574. The molecular weight excluding hydrogens is 424 g/mol. The summed E-state index contributed by atoms with van der Waals surface area (Å²) in [4.78, 5) is 32.1. The van der Waals surface area contributed by atoms with Crippen LogP contribution in [0.3, 0.4) is 0 Å². The number of aliphatic imine (C=N–C) groups is 1. The quantitative estimate of drug-likeness (QED) is 0.612. The van der Waals surface area contributed by atoms with Gasteiger partial charge in [0.1, 0.15) is 12.4 Å². The lowest BCUT2D eigenvalue weighted by Crippen LogP contribution is -2.49. The lowest BCUT2D eigenvalue weighted by molar-refractivity contribution is -0.141. The molecule has 1 amide bonds. The van der Waals surface area contributed by atoms with Gasteiger partial charge in [-0.05, 0) is 18.6 Å². The summed E-state index contributed by atoms with van der Waals surface area (Å²) in [6, 6.07) is 16.5. The van der Waals surface area contributed by atoms with E-state index in [1.54, 1.807) is 18.9 Å². The van der Waals surface area contributed by atoms with Crippen LogP contribution in [-0.2, 0) is 20.9 Å². The molecule has 32 heavy (non-hydrogen) atoms. The van der Waals surface area contributed by atoms with Gasteiger partial charge >= 0.3 is 5.97 Å². The van der Waals surface area contributed by atoms with Gasteiger partial charge in [-0.2, -0.15) is 0 Å². The Balaban J connectivity index is 1.67. The van der Waals surface area contributed by atoms with Crippen molar-refractivity contribution < 1.29 is 19.1 Å². The highest BCUT2D eigenvalue weighted by atomic mass is 32.2. The predicted molar refractivity (Wildman–Crippen MR) is 126 cm³/mol. The monoisotopic (exact) mass is 448 g/mol. The van der Waals surface area contributed by atoms with Crippen LogP contribution in [0.25, 0.3) is 6.08 Å². The first-order chi connectivity index (χ1) is 15.6. The molecule has 164 valence electrons. The molecule has 0 aliphatic carbocycles. The van der Waals surface area contributed by atoms with Crippen molar-refractivity contribution in [1.29, 1.82) is 0 Å². The van der Waals surface area contributed by atoms with E-state index in [-0.39, 0.29) is 12.5 Å². The molecular formula is C25H24N2O4S. The first-order valence-electron chi connectivity index (χ1n) is 10.3. The van der Waals surface area contributed by atoms with Gasteiger partial charge in [0, 0.05) is 17.7 Å². The SMILES string of the molecule is COc1ccccc1/C=C/[C@H]1C(C(=O)OCc2ccccc2)=C(C)N=C2SCCC(=O)N21. The van der Waals surface area contributed by atoms with Crippen molar-refractivity contribution in [2.24, 2.45) is 4.99 Å². The fraction of sp³-hybridized carbons (Fsp3) is 0.240. The molecule has 1 fully saturated rings. The number of fused-ring (bicyclic) bond motifs is 1. The minimum atomic E-state index is -0.601. The zero-order valence-electron chi connectivity index (χ0n) is 18.0. The first-order valence-corrected chi connectivity index (χ1v) is 11.3. The molecule has 1 atom stereocenters. The van der Waals surface area contributed by atoms with Crippen LogP contribution in [0.1, 0.15) is 24.5 Å². The number of benzene rings is 2. The van der Waals surface area contributed by atoms with E-state index in [2.05, 4.69) is 4.99 Å². The normalized spacial score (nSPS) is 18.4. The number of hydrogen-bond acceptors (Lipinski definition) is 6. The Labute approximate surface area is 191 Å². The molecule has 0 unspecified atom stereocenters.